The highest BCUT2D eigenvalue weighted by molar-refractivity contribution is 9.10. The standard InChI is InChI=1S/C15H13BrN4O3S/c1-19-11(5-6-17-19)14(22)18-15-20(8-13(21)23-2)10-4-3-9(16)7-12(10)24-15/h3-7H,8H2,1-2H3. The maximum atomic E-state index is 12.4. The van der Waals surface area contributed by atoms with Crippen molar-refractivity contribution < 1.29 is 14.3 Å². The first-order valence-electron chi connectivity index (χ1n) is 6.92. The molecule has 3 rings (SSSR count). The van der Waals surface area contributed by atoms with Crippen LogP contribution in [0.3, 0.4) is 0 Å². The molecule has 0 aliphatic heterocycles. The van der Waals surface area contributed by atoms with E-state index in [-0.39, 0.29) is 6.54 Å². The van der Waals surface area contributed by atoms with Crippen LogP contribution in [0.15, 0.2) is 39.9 Å². The minimum absolute atomic E-state index is 0.0182. The molecule has 0 bridgehead atoms. The quantitative estimate of drug-likeness (QED) is 0.621. The van der Waals surface area contributed by atoms with Crippen molar-refractivity contribution in [1.82, 2.24) is 14.3 Å². The van der Waals surface area contributed by atoms with Crippen molar-refractivity contribution in [1.29, 1.82) is 0 Å². The van der Waals surface area contributed by atoms with Gasteiger partial charge in [-0.2, -0.15) is 10.1 Å². The Morgan fingerprint density at radius 1 is 1.38 bits per heavy atom. The number of aromatic nitrogens is 3. The molecule has 2 heterocycles. The molecule has 1 aromatic carbocycles. The zero-order valence-corrected chi connectivity index (χ0v) is 15.3. The SMILES string of the molecule is COC(=O)Cn1c(=NC(=O)c2ccnn2C)sc2cc(Br)ccc21. The van der Waals surface area contributed by atoms with Gasteiger partial charge in [-0.25, -0.2) is 0 Å². The van der Waals surface area contributed by atoms with E-state index in [0.717, 1.165) is 14.7 Å². The Morgan fingerprint density at radius 2 is 2.17 bits per heavy atom. The number of aryl methyl sites for hydroxylation is 1. The van der Waals surface area contributed by atoms with Crippen LogP contribution in [0.5, 0.6) is 0 Å². The van der Waals surface area contributed by atoms with Crippen LogP contribution in [0.2, 0.25) is 0 Å². The summed E-state index contributed by atoms with van der Waals surface area (Å²) in [6, 6.07) is 7.25. The highest BCUT2D eigenvalue weighted by Crippen LogP contribution is 2.22. The summed E-state index contributed by atoms with van der Waals surface area (Å²) < 4.78 is 9.69. The second-order valence-corrected chi connectivity index (χ2v) is 6.84. The zero-order chi connectivity index (χ0) is 17.3. The summed E-state index contributed by atoms with van der Waals surface area (Å²) >= 11 is 4.75. The highest BCUT2D eigenvalue weighted by atomic mass is 79.9. The molecule has 0 atom stereocenters. The molecule has 1 amide bonds. The summed E-state index contributed by atoms with van der Waals surface area (Å²) in [5.41, 5.74) is 1.18. The van der Waals surface area contributed by atoms with E-state index in [1.807, 2.05) is 18.2 Å². The first-order chi connectivity index (χ1) is 11.5. The summed E-state index contributed by atoms with van der Waals surface area (Å²) in [5.74, 6) is -0.828. The van der Waals surface area contributed by atoms with Gasteiger partial charge in [0.25, 0.3) is 5.91 Å². The summed E-state index contributed by atoms with van der Waals surface area (Å²) in [6.07, 6.45) is 1.54. The normalized spacial score (nSPS) is 11.9. The van der Waals surface area contributed by atoms with Gasteiger partial charge in [0.15, 0.2) is 4.80 Å². The maximum absolute atomic E-state index is 12.4. The van der Waals surface area contributed by atoms with Gasteiger partial charge in [0, 0.05) is 17.7 Å². The van der Waals surface area contributed by atoms with Gasteiger partial charge in [0.05, 0.1) is 17.3 Å². The molecule has 9 heteroatoms. The molecule has 0 saturated heterocycles. The van der Waals surface area contributed by atoms with Crippen molar-refractivity contribution in [3.63, 3.8) is 0 Å². The molecule has 0 aliphatic carbocycles. The van der Waals surface area contributed by atoms with Gasteiger partial charge in [0.1, 0.15) is 12.2 Å². The van der Waals surface area contributed by atoms with Crippen LogP contribution in [0.25, 0.3) is 10.2 Å². The van der Waals surface area contributed by atoms with Gasteiger partial charge in [-0.1, -0.05) is 27.3 Å². The smallest absolute Gasteiger partial charge is 0.325 e. The lowest BCUT2D eigenvalue weighted by molar-refractivity contribution is -0.141. The molecule has 0 spiro atoms. The number of amides is 1. The van der Waals surface area contributed by atoms with Crippen molar-refractivity contribution in [2.45, 2.75) is 6.54 Å². The number of esters is 1. The largest absolute Gasteiger partial charge is 0.468 e. The van der Waals surface area contributed by atoms with Crippen LogP contribution in [-0.4, -0.2) is 33.3 Å². The van der Waals surface area contributed by atoms with Crippen LogP contribution in [-0.2, 0) is 23.1 Å². The van der Waals surface area contributed by atoms with E-state index in [4.69, 9.17) is 4.74 Å². The summed E-state index contributed by atoms with van der Waals surface area (Å²) in [5, 5.41) is 3.97. The van der Waals surface area contributed by atoms with E-state index in [1.54, 1.807) is 17.7 Å². The summed E-state index contributed by atoms with van der Waals surface area (Å²) in [4.78, 5) is 28.7. The number of halogens is 1. The number of hydrogen-bond acceptors (Lipinski definition) is 5. The topological polar surface area (TPSA) is 78.5 Å². The Hall–Kier alpha value is -2.26. The average molecular weight is 409 g/mol. The fourth-order valence-corrected chi connectivity index (χ4v) is 3.79. The molecule has 0 fully saturated rings. The van der Waals surface area contributed by atoms with Crippen molar-refractivity contribution >= 4 is 49.4 Å². The Morgan fingerprint density at radius 3 is 2.83 bits per heavy atom. The Kier molecular flexibility index (Phi) is 4.63. The third-order valence-electron chi connectivity index (χ3n) is 3.40. The van der Waals surface area contributed by atoms with E-state index >= 15 is 0 Å². The Labute approximate surface area is 149 Å². The molecule has 24 heavy (non-hydrogen) atoms. The number of hydrogen-bond donors (Lipinski definition) is 0. The Bertz CT molecular complexity index is 1000. The third kappa shape index (κ3) is 3.17. The van der Waals surface area contributed by atoms with E-state index in [0.29, 0.717) is 10.5 Å². The van der Waals surface area contributed by atoms with Crippen molar-refractivity contribution in [2.24, 2.45) is 12.0 Å². The molecule has 0 radical (unpaired) electrons. The van der Waals surface area contributed by atoms with E-state index in [2.05, 4.69) is 26.0 Å². The average Bonchev–Trinajstić information content (AvgIpc) is 3.11. The molecule has 3 aromatic rings. The number of thiazole rings is 1. The predicted octanol–water partition coefficient (Wildman–Crippen LogP) is 2.11. The molecule has 0 N–H and O–H groups in total. The summed E-state index contributed by atoms with van der Waals surface area (Å²) in [6.45, 7) is -0.0182. The molecular weight excluding hydrogens is 396 g/mol. The zero-order valence-electron chi connectivity index (χ0n) is 12.9. The molecule has 124 valence electrons. The van der Waals surface area contributed by atoms with Gasteiger partial charge >= 0.3 is 5.97 Å². The monoisotopic (exact) mass is 408 g/mol. The minimum atomic E-state index is -0.417. The molecule has 0 aliphatic rings. The number of rotatable bonds is 3. The molecule has 0 unspecified atom stereocenters. The number of carbonyl (C=O) groups excluding carboxylic acids is 2. The van der Waals surface area contributed by atoms with Gasteiger partial charge < -0.3 is 9.30 Å². The van der Waals surface area contributed by atoms with Gasteiger partial charge in [-0.3, -0.25) is 14.3 Å². The van der Waals surface area contributed by atoms with Crippen LogP contribution in [0.1, 0.15) is 10.5 Å². The van der Waals surface area contributed by atoms with E-state index in [9.17, 15) is 9.59 Å². The first kappa shape index (κ1) is 16.6. The van der Waals surface area contributed by atoms with Gasteiger partial charge in [0.2, 0.25) is 0 Å². The fraction of sp³-hybridized carbons (Fsp3) is 0.200. The van der Waals surface area contributed by atoms with Crippen molar-refractivity contribution in [3.05, 3.63) is 45.4 Å². The number of carbonyl (C=O) groups is 2. The minimum Gasteiger partial charge on any atom is -0.468 e. The van der Waals surface area contributed by atoms with Crippen LogP contribution in [0, 0.1) is 0 Å². The van der Waals surface area contributed by atoms with Crippen LogP contribution >= 0.6 is 27.3 Å². The number of ether oxygens (including phenoxy) is 1. The predicted molar refractivity (Wildman–Crippen MR) is 92.6 cm³/mol. The lowest BCUT2D eigenvalue weighted by Gasteiger charge is -2.03. The number of fused-ring (bicyclic) bond motifs is 1. The Balaban J connectivity index is 2.17. The molecule has 7 nitrogen and oxygen atoms in total. The van der Waals surface area contributed by atoms with Gasteiger partial charge in [-0.15, -0.1) is 0 Å². The van der Waals surface area contributed by atoms with Crippen molar-refractivity contribution in [2.75, 3.05) is 7.11 Å². The molecular formula is C15H13BrN4O3S. The second-order valence-electron chi connectivity index (χ2n) is 4.92. The second kappa shape index (κ2) is 6.70. The van der Waals surface area contributed by atoms with Gasteiger partial charge in [-0.05, 0) is 24.3 Å². The van der Waals surface area contributed by atoms with E-state index < -0.39 is 11.9 Å². The number of methoxy groups -OCH3 is 1. The highest BCUT2D eigenvalue weighted by Gasteiger charge is 2.14. The van der Waals surface area contributed by atoms with Crippen LogP contribution < -0.4 is 4.80 Å². The molecule has 0 saturated carbocycles. The van der Waals surface area contributed by atoms with Crippen molar-refractivity contribution in [3.8, 4) is 0 Å². The summed E-state index contributed by atoms with van der Waals surface area (Å²) in [7, 11) is 3.00. The van der Waals surface area contributed by atoms with Crippen LogP contribution in [0.4, 0.5) is 0 Å². The van der Waals surface area contributed by atoms with E-state index in [1.165, 1.54) is 29.3 Å². The third-order valence-corrected chi connectivity index (χ3v) is 4.93. The first-order valence-corrected chi connectivity index (χ1v) is 8.53. The number of nitrogens with zero attached hydrogens (tertiary/aromatic N) is 4. The lowest BCUT2D eigenvalue weighted by atomic mass is 10.3. The maximum Gasteiger partial charge on any atom is 0.325 e. The fourth-order valence-electron chi connectivity index (χ4n) is 2.21. The molecule has 2 aromatic heterocycles. The number of benzene rings is 1. The lowest BCUT2D eigenvalue weighted by Crippen LogP contribution is -2.22.